The molecule has 0 saturated heterocycles. The molecule has 0 amide bonds. The Morgan fingerprint density at radius 1 is 0.353 bits per heavy atom. The summed E-state index contributed by atoms with van der Waals surface area (Å²) in [4.78, 5) is 15.4. The monoisotopic (exact) mass is 653 g/mol. The molecule has 0 bridgehead atoms. The number of para-hydroxylation sites is 3. The smallest absolute Gasteiger partial charge is 0.238 e. The number of rotatable bonds is 4. The topological polar surface area (TPSA) is 61.7 Å². The lowest BCUT2D eigenvalue weighted by atomic mass is 10.1. The minimum atomic E-state index is 0.556. The molecule has 4 aromatic heterocycles. The average molecular weight is 654 g/mol. The highest BCUT2D eigenvalue weighted by Gasteiger charge is 2.22. The van der Waals surface area contributed by atoms with Crippen molar-refractivity contribution in [2.45, 2.75) is 0 Å². The third-order valence-electron chi connectivity index (χ3n) is 9.96. The van der Waals surface area contributed by atoms with Crippen molar-refractivity contribution in [3.8, 4) is 34.4 Å². The normalized spacial score (nSPS) is 11.9. The molecule has 11 rings (SSSR count). The number of hydrogen-bond donors (Lipinski definition) is 0. The summed E-state index contributed by atoms with van der Waals surface area (Å²) in [5, 5.41) is 6.60. The van der Waals surface area contributed by atoms with E-state index in [1.165, 1.54) is 5.39 Å². The Kier molecular flexibility index (Phi) is 5.86. The lowest BCUT2D eigenvalue weighted by Gasteiger charge is -2.11. The number of benzene rings is 7. The number of fused-ring (bicyclic) bond motifs is 9. The van der Waals surface area contributed by atoms with Crippen LogP contribution in [0.1, 0.15) is 0 Å². The molecule has 0 unspecified atom stereocenters. The van der Waals surface area contributed by atoms with Crippen LogP contribution in [0, 0.1) is 0 Å². The molecular formula is C45H27N5O. The van der Waals surface area contributed by atoms with E-state index in [1.807, 2.05) is 72.8 Å². The van der Waals surface area contributed by atoms with Gasteiger partial charge in [-0.2, -0.15) is 9.97 Å². The summed E-state index contributed by atoms with van der Waals surface area (Å²) in [6.45, 7) is 0. The van der Waals surface area contributed by atoms with Crippen LogP contribution in [0.25, 0.3) is 100.0 Å². The fourth-order valence-electron chi connectivity index (χ4n) is 7.66. The van der Waals surface area contributed by atoms with Crippen LogP contribution in [0.5, 0.6) is 0 Å². The predicted octanol–water partition coefficient (Wildman–Crippen LogP) is 11.3. The van der Waals surface area contributed by atoms with Crippen molar-refractivity contribution in [2.75, 3.05) is 0 Å². The highest BCUT2D eigenvalue weighted by atomic mass is 16.3. The van der Waals surface area contributed by atoms with Gasteiger partial charge in [-0.3, -0.25) is 4.57 Å². The molecule has 0 atom stereocenters. The molecule has 0 aliphatic carbocycles. The van der Waals surface area contributed by atoms with Crippen molar-refractivity contribution in [1.29, 1.82) is 0 Å². The van der Waals surface area contributed by atoms with Gasteiger partial charge in [-0.1, -0.05) is 115 Å². The van der Waals surface area contributed by atoms with Gasteiger partial charge in [0.25, 0.3) is 0 Å². The molecule has 4 heterocycles. The van der Waals surface area contributed by atoms with E-state index in [-0.39, 0.29) is 0 Å². The Bertz CT molecular complexity index is 3060. The molecule has 0 saturated carbocycles. The highest BCUT2D eigenvalue weighted by Crippen LogP contribution is 2.42. The summed E-state index contributed by atoms with van der Waals surface area (Å²) in [6, 6.07) is 56.7. The summed E-state index contributed by atoms with van der Waals surface area (Å²) < 4.78 is 11.0. The van der Waals surface area contributed by atoms with Gasteiger partial charge in [0, 0.05) is 49.1 Å². The van der Waals surface area contributed by atoms with Crippen molar-refractivity contribution in [2.24, 2.45) is 0 Å². The maximum absolute atomic E-state index is 6.45. The average Bonchev–Trinajstić information content (AvgIpc) is 3.83. The van der Waals surface area contributed by atoms with Crippen LogP contribution in [0.4, 0.5) is 0 Å². The molecule has 0 aliphatic heterocycles. The molecule has 51 heavy (non-hydrogen) atoms. The summed E-state index contributed by atoms with van der Waals surface area (Å²) >= 11 is 0. The van der Waals surface area contributed by atoms with Crippen molar-refractivity contribution in [1.82, 2.24) is 24.1 Å². The lowest BCUT2D eigenvalue weighted by Crippen LogP contribution is -2.06. The Labute approximate surface area is 291 Å². The summed E-state index contributed by atoms with van der Waals surface area (Å²) in [6.07, 6.45) is 0. The quantitative estimate of drug-likeness (QED) is 0.190. The Balaban J connectivity index is 1.31. The van der Waals surface area contributed by atoms with Gasteiger partial charge < -0.3 is 8.98 Å². The third-order valence-corrected chi connectivity index (χ3v) is 9.96. The first-order valence-electron chi connectivity index (χ1n) is 17.0. The van der Waals surface area contributed by atoms with Crippen molar-refractivity contribution in [3.05, 3.63) is 164 Å². The number of furan rings is 1. The van der Waals surface area contributed by atoms with Crippen LogP contribution < -0.4 is 0 Å². The van der Waals surface area contributed by atoms with Crippen molar-refractivity contribution < 1.29 is 4.42 Å². The van der Waals surface area contributed by atoms with Gasteiger partial charge in [-0.15, -0.1) is 0 Å². The zero-order chi connectivity index (χ0) is 33.5. The molecule has 6 nitrogen and oxygen atoms in total. The fourth-order valence-corrected chi connectivity index (χ4v) is 7.66. The van der Waals surface area contributed by atoms with Crippen molar-refractivity contribution in [3.63, 3.8) is 0 Å². The first-order chi connectivity index (χ1) is 25.3. The molecule has 0 spiro atoms. The van der Waals surface area contributed by atoms with Crippen LogP contribution in [-0.4, -0.2) is 24.1 Å². The second kappa shape index (κ2) is 10.7. The maximum atomic E-state index is 6.45. The fraction of sp³-hybridized carbons (Fsp3) is 0. The number of aromatic nitrogens is 5. The first kappa shape index (κ1) is 27.9. The van der Waals surface area contributed by atoms with E-state index in [4.69, 9.17) is 19.4 Å². The van der Waals surface area contributed by atoms with E-state index in [9.17, 15) is 0 Å². The molecular weight excluding hydrogens is 627 g/mol. The van der Waals surface area contributed by atoms with Gasteiger partial charge in [0.2, 0.25) is 5.95 Å². The van der Waals surface area contributed by atoms with E-state index in [2.05, 4.69) is 100 Å². The molecule has 0 fully saturated rings. The zero-order valence-corrected chi connectivity index (χ0v) is 27.2. The second-order valence-electron chi connectivity index (χ2n) is 12.9. The van der Waals surface area contributed by atoms with Crippen LogP contribution >= 0.6 is 0 Å². The van der Waals surface area contributed by atoms with E-state index < -0.39 is 0 Å². The molecule has 0 N–H and O–H groups in total. The summed E-state index contributed by atoms with van der Waals surface area (Å²) in [5.74, 6) is 1.79. The SMILES string of the molecule is c1ccc(-c2nc(-c3ccccc3)nc(-n3c4cc5c(cc4c4cc6c(cc43)c3ccccc3n6-c3ccccc3)oc3ccccc35)n2)cc1. The van der Waals surface area contributed by atoms with Gasteiger partial charge in [-0.05, 0) is 48.5 Å². The maximum Gasteiger partial charge on any atom is 0.238 e. The van der Waals surface area contributed by atoms with Gasteiger partial charge >= 0.3 is 0 Å². The van der Waals surface area contributed by atoms with Crippen LogP contribution in [0.2, 0.25) is 0 Å². The summed E-state index contributed by atoms with van der Waals surface area (Å²) in [5.41, 5.74) is 8.96. The lowest BCUT2D eigenvalue weighted by molar-refractivity contribution is 0.669. The molecule has 7 aromatic carbocycles. The van der Waals surface area contributed by atoms with Gasteiger partial charge in [0.05, 0.1) is 22.1 Å². The highest BCUT2D eigenvalue weighted by molar-refractivity contribution is 6.21. The molecule has 6 heteroatoms. The van der Waals surface area contributed by atoms with Crippen LogP contribution in [0.15, 0.2) is 168 Å². The zero-order valence-electron chi connectivity index (χ0n) is 27.2. The minimum absolute atomic E-state index is 0.556. The summed E-state index contributed by atoms with van der Waals surface area (Å²) in [7, 11) is 0. The van der Waals surface area contributed by atoms with E-state index in [0.29, 0.717) is 17.6 Å². The Morgan fingerprint density at radius 2 is 0.863 bits per heavy atom. The van der Waals surface area contributed by atoms with E-state index >= 15 is 0 Å². The number of nitrogens with zero attached hydrogens (tertiary/aromatic N) is 5. The van der Waals surface area contributed by atoms with Gasteiger partial charge in [0.1, 0.15) is 11.2 Å². The molecule has 11 aromatic rings. The van der Waals surface area contributed by atoms with E-state index in [1.54, 1.807) is 0 Å². The van der Waals surface area contributed by atoms with Gasteiger partial charge in [0.15, 0.2) is 11.6 Å². The molecule has 0 aliphatic rings. The predicted molar refractivity (Wildman–Crippen MR) is 207 cm³/mol. The second-order valence-corrected chi connectivity index (χ2v) is 12.9. The van der Waals surface area contributed by atoms with E-state index in [0.717, 1.165) is 77.0 Å². The van der Waals surface area contributed by atoms with Crippen LogP contribution in [-0.2, 0) is 0 Å². The third kappa shape index (κ3) is 4.20. The Hall–Kier alpha value is -7.05. The first-order valence-corrected chi connectivity index (χ1v) is 17.0. The standard InChI is InChI=1S/C45H27N5O/c1-4-14-28(15-5-1)43-46-44(29-16-6-2-7-17-29)48-45(47-43)50-39-24-33-31-20-10-12-22-37(31)49(30-18-8-3-9-19-30)38(33)25-34(39)35-27-42-36(26-40(35)50)32-21-11-13-23-41(32)51-42/h1-27H. The minimum Gasteiger partial charge on any atom is -0.456 e. The Morgan fingerprint density at radius 3 is 1.55 bits per heavy atom. The van der Waals surface area contributed by atoms with Crippen molar-refractivity contribution >= 4 is 65.6 Å². The molecule has 238 valence electrons. The van der Waals surface area contributed by atoms with Gasteiger partial charge in [-0.25, -0.2) is 4.98 Å². The number of hydrogen-bond acceptors (Lipinski definition) is 4. The largest absolute Gasteiger partial charge is 0.456 e. The molecule has 0 radical (unpaired) electrons. The van der Waals surface area contributed by atoms with Crippen LogP contribution in [0.3, 0.4) is 0 Å².